The third-order valence-electron chi connectivity index (χ3n) is 1.43. The fourth-order valence-corrected chi connectivity index (χ4v) is 0.803. The maximum atomic E-state index is 10.7. The second kappa shape index (κ2) is 3.76. The molecule has 0 N–H and O–H groups in total. The second-order valence-corrected chi connectivity index (χ2v) is 2.25. The molecule has 0 spiro atoms. The Morgan fingerprint density at radius 1 is 1.73 bits per heavy atom. The van der Waals surface area contributed by atoms with Crippen LogP contribution in [0.5, 0.6) is 0 Å². The lowest BCUT2D eigenvalue weighted by Gasteiger charge is -1.91. The van der Waals surface area contributed by atoms with Crippen LogP contribution in [0.15, 0.2) is 35.5 Å². The number of furan rings is 1. The van der Waals surface area contributed by atoms with Crippen molar-refractivity contribution >= 4 is 5.78 Å². The highest BCUT2D eigenvalue weighted by Gasteiger charge is 1.98. The summed E-state index contributed by atoms with van der Waals surface area (Å²) in [6, 6.07) is 3.67. The first-order chi connectivity index (χ1) is 5.33. The smallest absolute Gasteiger partial charge is 0.155 e. The molecule has 2 nitrogen and oxygen atoms in total. The molecule has 0 saturated heterocycles. The highest BCUT2D eigenvalue weighted by molar-refractivity contribution is 5.89. The molecule has 0 radical (unpaired) electrons. The average Bonchev–Trinajstić information content (AvgIpc) is 2.52. The van der Waals surface area contributed by atoms with E-state index >= 15 is 0 Å². The predicted molar refractivity (Wildman–Crippen MR) is 42.2 cm³/mol. The first-order valence-corrected chi connectivity index (χ1v) is 3.50. The van der Waals surface area contributed by atoms with Crippen LogP contribution in [0, 0.1) is 0 Å². The van der Waals surface area contributed by atoms with E-state index in [2.05, 4.69) is 6.58 Å². The Labute approximate surface area is 65.5 Å². The standard InChI is InChI=1S/C9H10O2/c1-2-8(10)5-6-9-4-3-7-11-9/h2-4,7H,1,5-6H2. The first kappa shape index (κ1) is 7.79. The van der Waals surface area contributed by atoms with Crippen LogP contribution >= 0.6 is 0 Å². The molecule has 1 heterocycles. The Morgan fingerprint density at radius 2 is 2.55 bits per heavy atom. The molecular weight excluding hydrogens is 140 g/mol. The van der Waals surface area contributed by atoms with E-state index in [0.29, 0.717) is 12.8 Å². The third kappa shape index (κ3) is 2.42. The maximum absolute atomic E-state index is 10.7. The van der Waals surface area contributed by atoms with Crippen LogP contribution in [-0.4, -0.2) is 5.78 Å². The van der Waals surface area contributed by atoms with Gasteiger partial charge in [-0.25, -0.2) is 0 Å². The summed E-state index contributed by atoms with van der Waals surface area (Å²) in [5.41, 5.74) is 0. The van der Waals surface area contributed by atoms with Gasteiger partial charge in [-0.3, -0.25) is 4.79 Å². The highest BCUT2D eigenvalue weighted by atomic mass is 16.3. The topological polar surface area (TPSA) is 30.2 Å². The van der Waals surface area contributed by atoms with E-state index in [1.807, 2.05) is 12.1 Å². The van der Waals surface area contributed by atoms with Crippen LogP contribution in [-0.2, 0) is 11.2 Å². The monoisotopic (exact) mass is 150 g/mol. The zero-order chi connectivity index (χ0) is 8.10. The largest absolute Gasteiger partial charge is 0.469 e. The van der Waals surface area contributed by atoms with Gasteiger partial charge in [0.2, 0.25) is 0 Å². The normalized spacial score (nSPS) is 9.45. The molecule has 58 valence electrons. The third-order valence-corrected chi connectivity index (χ3v) is 1.43. The Morgan fingerprint density at radius 3 is 3.09 bits per heavy atom. The number of hydrogen-bond donors (Lipinski definition) is 0. The van der Waals surface area contributed by atoms with Crippen molar-refractivity contribution in [1.29, 1.82) is 0 Å². The quantitative estimate of drug-likeness (QED) is 0.614. The predicted octanol–water partition coefficient (Wildman–Crippen LogP) is 1.97. The number of rotatable bonds is 4. The molecule has 2 heteroatoms. The Balaban J connectivity index is 2.34. The van der Waals surface area contributed by atoms with E-state index in [1.54, 1.807) is 6.26 Å². The van der Waals surface area contributed by atoms with Gasteiger partial charge in [-0.15, -0.1) is 0 Å². The number of hydrogen-bond acceptors (Lipinski definition) is 2. The van der Waals surface area contributed by atoms with E-state index in [1.165, 1.54) is 6.08 Å². The highest BCUT2D eigenvalue weighted by Crippen LogP contribution is 2.03. The summed E-state index contributed by atoms with van der Waals surface area (Å²) in [7, 11) is 0. The van der Waals surface area contributed by atoms with E-state index in [0.717, 1.165) is 5.76 Å². The van der Waals surface area contributed by atoms with Gasteiger partial charge in [-0.1, -0.05) is 6.58 Å². The maximum Gasteiger partial charge on any atom is 0.155 e. The van der Waals surface area contributed by atoms with Crippen molar-refractivity contribution in [1.82, 2.24) is 0 Å². The van der Waals surface area contributed by atoms with Gasteiger partial charge in [-0.2, -0.15) is 0 Å². The van der Waals surface area contributed by atoms with Crippen molar-refractivity contribution in [3.05, 3.63) is 36.8 Å². The van der Waals surface area contributed by atoms with Gasteiger partial charge >= 0.3 is 0 Å². The van der Waals surface area contributed by atoms with Crippen LogP contribution in [0.1, 0.15) is 12.2 Å². The van der Waals surface area contributed by atoms with Crippen molar-refractivity contribution in [3.8, 4) is 0 Å². The molecule has 1 aromatic rings. The lowest BCUT2D eigenvalue weighted by Crippen LogP contribution is -1.93. The summed E-state index contributed by atoms with van der Waals surface area (Å²) < 4.78 is 5.04. The van der Waals surface area contributed by atoms with Crippen LogP contribution in [0.3, 0.4) is 0 Å². The molecule has 0 aliphatic carbocycles. The molecule has 0 aliphatic rings. The zero-order valence-corrected chi connectivity index (χ0v) is 6.25. The number of aryl methyl sites for hydroxylation is 1. The Hall–Kier alpha value is -1.31. The Bertz CT molecular complexity index is 234. The van der Waals surface area contributed by atoms with Crippen LogP contribution in [0.2, 0.25) is 0 Å². The molecule has 1 aromatic heterocycles. The van der Waals surface area contributed by atoms with E-state index < -0.39 is 0 Å². The fraction of sp³-hybridized carbons (Fsp3) is 0.222. The van der Waals surface area contributed by atoms with Crippen molar-refractivity contribution in [3.63, 3.8) is 0 Å². The van der Waals surface area contributed by atoms with Gasteiger partial charge in [0.25, 0.3) is 0 Å². The van der Waals surface area contributed by atoms with E-state index in [4.69, 9.17) is 4.42 Å². The average molecular weight is 150 g/mol. The molecule has 0 saturated carbocycles. The SMILES string of the molecule is C=CC(=O)CCc1ccco1. The van der Waals surface area contributed by atoms with Crippen molar-refractivity contribution in [2.75, 3.05) is 0 Å². The van der Waals surface area contributed by atoms with Gasteiger partial charge in [-0.05, 0) is 18.2 Å². The minimum atomic E-state index is 0.0569. The lowest BCUT2D eigenvalue weighted by atomic mass is 10.2. The van der Waals surface area contributed by atoms with Gasteiger partial charge in [0.1, 0.15) is 5.76 Å². The minimum absolute atomic E-state index is 0.0569. The summed E-state index contributed by atoms with van der Waals surface area (Å²) in [5, 5.41) is 0. The molecule has 11 heavy (non-hydrogen) atoms. The molecule has 0 unspecified atom stereocenters. The van der Waals surface area contributed by atoms with Gasteiger partial charge in [0, 0.05) is 12.8 Å². The molecule has 0 bridgehead atoms. The zero-order valence-electron chi connectivity index (χ0n) is 6.25. The van der Waals surface area contributed by atoms with Crippen molar-refractivity contribution in [2.45, 2.75) is 12.8 Å². The van der Waals surface area contributed by atoms with Crippen LogP contribution in [0.25, 0.3) is 0 Å². The molecule has 1 rings (SSSR count). The van der Waals surface area contributed by atoms with E-state index in [9.17, 15) is 4.79 Å². The molecular formula is C9H10O2. The lowest BCUT2D eigenvalue weighted by molar-refractivity contribution is -0.114. The fourth-order valence-electron chi connectivity index (χ4n) is 0.803. The summed E-state index contributed by atoms with van der Waals surface area (Å²) in [6.07, 6.45) is 4.09. The van der Waals surface area contributed by atoms with Crippen LogP contribution < -0.4 is 0 Å². The first-order valence-electron chi connectivity index (χ1n) is 3.50. The Kier molecular flexibility index (Phi) is 2.66. The summed E-state index contributed by atoms with van der Waals surface area (Å²) in [6.45, 7) is 3.38. The number of carbonyl (C=O) groups excluding carboxylic acids is 1. The number of ketones is 1. The molecule has 0 aromatic carbocycles. The van der Waals surface area contributed by atoms with Crippen molar-refractivity contribution in [2.24, 2.45) is 0 Å². The molecule has 0 atom stereocenters. The van der Waals surface area contributed by atoms with Gasteiger partial charge in [0.15, 0.2) is 5.78 Å². The summed E-state index contributed by atoms with van der Waals surface area (Å²) >= 11 is 0. The van der Waals surface area contributed by atoms with Gasteiger partial charge in [0.05, 0.1) is 6.26 Å². The molecule has 0 aliphatic heterocycles. The van der Waals surface area contributed by atoms with E-state index in [-0.39, 0.29) is 5.78 Å². The molecule has 0 amide bonds. The number of allylic oxidation sites excluding steroid dienone is 1. The van der Waals surface area contributed by atoms with Crippen molar-refractivity contribution < 1.29 is 9.21 Å². The molecule has 0 fully saturated rings. The minimum Gasteiger partial charge on any atom is -0.469 e. The summed E-state index contributed by atoms with van der Waals surface area (Å²) in [4.78, 5) is 10.7. The summed E-state index contributed by atoms with van der Waals surface area (Å²) in [5.74, 6) is 0.904. The second-order valence-electron chi connectivity index (χ2n) is 2.25. The van der Waals surface area contributed by atoms with Gasteiger partial charge < -0.3 is 4.42 Å². The van der Waals surface area contributed by atoms with Crippen LogP contribution in [0.4, 0.5) is 0 Å². The number of carbonyl (C=O) groups is 1.